The van der Waals surface area contributed by atoms with Gasteiger partial charge in [-0.1, -0.05) is 19.1 Å². The van der Waals surface area contributed by atoms with E-state index >= 15 is 0 Å². The van der Waals surface area contributed by atoms with Crippen molar-refractivity contribution in [3.8, 4) is 5.75 Å². The molecule has 1 aromatic rings. The lowest BCUT2D eigenvalue weighted by Gasteiger charge is -2.07. The predicted octanol–water partition coefficient (Wildman–Crippen LogP) is 2.12. The van der Waals surface area contributed by atoms with Crippen molar-refractivity contribution in [3.63, 3.8) is 0 Å². The zero-order valence-electron chi connectivity index (χ0n) is 7.53. The molecule has 1 rings (SSSR count). The van der Waals surface area contributed by atoms with Gasteiger partial charge in [0.25, 0.3) is 0 Å². The number of hydrogen-bond donors (Lipinski definition) is 1. The molecule has 13 heavy (non-hydrogen) atoms. The van der Waals surface area contributed by atoms with Gasteiger partial charge in [0.2, 0.25) is 0 Å². The number of halogens is 1. The van der Waals surface area contributed by atoms with E-state index < -0.39 is 0 Å². The van der Waals surface area contributed by atoms with Crippen molar-refractivity contribution in [1.29, 1.82) is 0 Å². The summed E-state index contributed by atoms with van der Waals surface area (Å²) in [5.41, 5.74) is 1.07. The van der Waals surface area contributed by atoms with Gasteiger partial charge in [-0.2, -0.15) is 0 Å². The van der Waals surface area contributed by atoms with Crippen LogP contribution in [0.1, 0.15) is 12.5 Å². The van der Waals surface area contributed by atoms with Gasteiger partial charge >= 0.3 is 0 Å². The minimum Gasteiger partial charge on any atom is -0.396 e. The van der Waals surface area contributed by atoms with Gasteiger partial charge in [-0.15, -0.1) is 0 Å². The molecule has 0 aliphatic rings. The smallest absolute Gasteiger partial charge is 0.171 e. The molecule has 0 saturated carbocycles. The van der Waals surface area contributed by atoms with E-state index in [1.54, 1.807) is 24.3 Å². The number of aliphatic hydroxyl groups excluding tert-OH is 1. The summed E-state index contributed by atoms with van der Waals surface area (Å²) in [4.78, 5) is 3.55. The zero-order chi connectivity index (χ0) is 9.68. The van der Waals surface area contributed by atoms with Gasteiger partial charge < -0.3 is 5.11 Å². The summed E-state index contributed by atoms with van der Waals surface area (Å²) in [6.07, 6.45) is 0.795. The average Bonchev–Trinajstić information content (AvgIpc) is 2.19. The first kappa shape index (κ1) is 9.99. The highest BCUT2D eigenvalue weighted by atomic mass is 19.3. The van der Waals surface area contributed by atoms with Crippen LogP contribution < -0.4 is 4.94 Å². The minimum absolute atomic E-state index is 0.168. The number of benzene rings is 1. The molecule has 0 spiro atoms. The molecule has 0 aromatic heterocycles. The number of aliphatic hydroxyl groups is 1. The van der Waals surface area contributed by atoms with Crippen molar-refractivity contribution in [3.05, 3.63) is 29.8 Å². The molecule has 1 atom stereocenters. The van der Waals surface area contributed by atoms with Crippen molar-refractivity contribution in [2.45, 2.75) is 13.3 Å². The predicted molar refractivity (Wildman–Crippen MR) is 48.1 cm³/mol. The molecule has 1 N–H and O–H groups in total. The fourth-order valence-electron chi connectivity index (χ4n) is 1.14. The quantitative estimate of drug-likeness (QED) is 0.776. The molecular weight excluding hydrogens is 171 g/mol. The molecule has 3 heteroatoms. The van der Waals surface area contributed by atoms with E-state index in [1.165, 1.54) is 0 Å². The van der Waals surface area contributed by atoms with Gasteiger partial charge in [0, 0.05) is 11.1 Å². The van der Waals surface area contributed by atoms with Crippen molar-refractivity contribution < 1.29 is 14.6 Å². The first-order valence-electron chi connectivity index (χ1n) is 4.24. The molecule has 0 amide bonds. The van der Waals surface area contributed by atoms with Crippen molar-refractivity contribution in [2.24, 2.45) is 5.92 Å². The normalized spacial score (nSPS) is 12.5. The van der Waals surface area contributed by atoms with Gasteiger partial charge in [0.15, 0.2) is 5.75 Å². The Labute approximate surface area is 76.9 Å². The molecule has 0 aliphatic heterocycles. The fraction of sp³-hybridized carbons (Fsp3) is 0.400. The second-order valence-electron chi connectivity index (χ2n) is 3.21. The molecule has 2 nitrogen and oxygen atoms in total. The van der Waals surface area contributed by atoms with Crippen LogP contribution in [0, 0.1) is 5.92 Å². The van der Waals surface area contributed by atoms with Crippen LogP contribution in [0.2, 0.25) is 0 Å². The first-order chi connectivity index (χ1) is 6.26. The van der Waals surface area contributed by atoms with Gasteiger partial charge in [-0.05, 0) is 30.0 Å². The van der Waals surface area contributed by atoms with E-state index in [0.29, 0.717) is 0 Å². The summed E-state index contributed by atoms with van der Waals surface area (Å²) in [5.74, 6) is 0.442. The Bertz CT molecular complexity index is 246. The fourth-order valence-corrected chi connectivity index (χ4v) is 1.14. The summed E-state index contributed by atoms with van der Waals surface area (Å²) in [5, 5.41) is 8.81. The van der Waals surface area contributed by atoms with Gasteiger partial charge in [-0.25, -0.2) is 0 Å². The van der Waals surface area contributed by atoms with Crippen LogP contribution in [0.25, 0.3) is 0 Å². The SMILES string of the molecule is C[C@@H](CO)Cc1ccc(OF)cc1. The Morgan fingerprint density at radius 1 is 1.38 bits per heavy atom. The molecule has 0 unspecified atom stereocenters. The minimum atomic E-state index is 0.168. The van der Waals surface area contributed by atoms with E-state index in [0.717, 1.165) is 12.0 Å². The van der Waals surface area contributed by atoms with Crippen LogP contribution in [0.3, 0.4) is 0 Å². The summed E-state index contributed by atoms with van der Waals surface area (Å²) in [7, 11) is 0. The van der Waals surface area contributed by atoms with E-state index in [4.69, 9.17) is 5.11 Å². The molecule has 0 aliphatic carbocycles. The summed E-state index contributed by atoms with van der Waals surface area (Å²) >= 11 is 0. The molecule has 0 radical (unpaired) electrons. The molecular formula is C10H13FO2. The van der Waals surface area contributed by atoms with E-state index in [-0.39, 0.29) is 18.3 Å². The van der Waals surface area contributed by atoms with E-state index in [9.17, 15) is 4.53 Å². The Balaban J connectivity index is 2.58. The molecule has 0 fully saturated rings. The van der Waals surface area contributed by atoms with Gasteiger partial charge in [0.05, 0.1) is 0 Å². The topological polar surface area (TPSA) is 29.5 Å². The number of hydrogen-bond acceptors (Lipinski definition) is 2. The van der Waals surface area contributed by atoms with Crippen LogP contribution in [0.15, 0.2) is 24.3 Å². The Hall–Kier alpha value is -1.09. The maximum atomic E-state index is 11.6. The maximum Gasteiger partial charge on any atom is 0.171 e. The molecule has 72 valence electrons. The van der Waals surface area contributed by atoms with E-state index in [2.05, 4.69) is 4.94 Å². The lowest BCUT2D eigenvalue weighted by molar-refractivity contribution is -0.00622. The lowest BCUT2D eigenvalue weighted by Crippen LogP contribution is -2.04. The largest absolute Gasteiger partial charge is 0.396 e. The maximum absolute atomic E-state index is 11.6. The third kappa shape index (κ3) is 3.03. The molecule has 0 saturated heterocycles. The highest BCUT2D eigenvalue weighted by molar-refractivity contribution is 5.26. The van der Waals surface area contributed by atoms with Crippen LogP contribution in [0.5, 0.6) is 5.75 Å². The van der Waals surface area contributed by atoms with Crippen molar-refractivity contribution in [1.82, 2.24) is 0 Å². The molecule has 1 aromatic carbocycles. The molecule has 0 bridgehead atoms. The summed E-state index contributed by atoms with van der Waals surface area (Å²) in [6.45, 7) is 2.13. The second kappa shape index (κ2) is 4.82. The van der Waals surface area contributed by atoms with Gasteiger partial charge in [-0.3, -0.25) is 4.94 Å². The highest BCUT2D eigenvalue weighted by Crippen LogP contribution is 2.14. The van der Waals surface area contributed by atoms with E-state index in [1.807, 2.05) is 6.92 Å². The van der Waals surface area contributed by atoms with Crippen LogP contribution in [-0.4, -0.2) is 11.7 Å². The molecule has 0 heterocycles. The third-order valence-corrected chi connectivity index (χ3v) is 1.91. The average molecular weight is 184 g/mol. The van der Waals surface area contributed by atoms with Gasteiger partial charge in [0.1, 0.15) is 0 Å². The standard InChI is InChI=1S/C10H13FO2/c1-8(7-12)6-9-2-4-10(13-11)5-3-9/h2-5,8,12H,6-7H2,1H3/t8-/m1/s1. The second-order valence-corrected chi connectivity index (χ2v) is 3.21. The number of rotatable bonds is 4. The Kier molecular flexibility index (Phi) is 3.71. The summed E-state index contributed by atoms with van der Waals surface area (Å²) < 4.78 is 11.6. The monoisotopic (exact) mass is 184 g/mol. The van der Waals surface area contributed by atoms with Crippen molar-refractivity contribution in [2.75, 3.05) is 6.61 Å². The van der Waals surface area contributed by atoms with Crippen LogP contribution in [0.4, 0.5) is 4.53 Å². The Morgan fingerprint density at radius 2 is 2.00 bits per heavy atom. The highest BCUT2D eigenvalue weighted by Gasteiger charge is 2.02. The van der Waals surface area contributed by atoms with Crippen molar-refractivity contribution >= 4 is 0 Å². The van der Waals surface area contributed by atoms with Crippen LogP contribution in [-0.2, 0) is 6.42 Å². The summed E-state index contributed by atoms with van der Waals surface area (Å²) in [6, 6.07) is 6.72. The first-order valence-corrected chi connectivity index (χ1v) is 4.24. The zero-order valence-corrected chi connectivity index (χ0v) is 7.53. The third-order valence-electron chi connectivity index (χ3n) is 1.91. The Morgan fingerprint density at radius 3 is 2.46 bits per heavy atom. The van der Waals surface area contributed by atoms with Crippen LogP contribution >= 0.6 is 0 Å². The lowest BCUT2D eigenvalue weighted by atomic mass is 10.0.